The van der Waals surface area contributed by atoms with E-state index in [0.717, 1.165) is 17.3 Å². The number of hydrogen-bond acceptors (Lipinski definition) is 4. The highest BCUT2D eigenvalue weighted by Crippen LogP contribution is 2.42. The van der Waals surface area contributed by atoms with Crippen LogP contribution >= 0.6 is 11.6 Å². The van der Waals surface area contributed by atoms with E-state index in [0.29, 0.717) is 46.4 Å². The number of piperidine rings is 1. The minimum atomic E-state index is -5.19. The average molecular weight is 545 g/mol. The van der Waals surface area contributed by atoms with Crippen LogP contribution in [0.2, 0.25) is 5.02 Å². The molecule has 2 aliphatic heterocycles. The molecule has 1 amide bonds. The summed E-state index contributed by atoms with van der Waals surface area (Å²) in [6.45, 7) is 0.415. The molecule has 4 rings (SSSR count). The van der Waals surface area contributed by atoms with Gasteiger partial charge in [0.1, 0.15) is 11.8 Å². The van der Waals surface area contributed by atoms with Gasteiger partial charge in [0.15, 0.2) is 0 Å². The molecule has 2 aliphatic rings. The zero-order chi connectivity index (χ0) is 27.5. The van der Waals surface area contributed by atoms with Crippen molar-refractivity contribution in [3.05, 3.63) is 53.3 Å². The molecule has 6 nitrogen and oxygen atoms in total. The fraction of sp³-hybridized carbons (Fsp3) is 0.462. The van der Waals surface area contributed by atoms with Crippen molar-refractivity contribution >= 4 is 29.4 Å². The molecule has 2 aromatic rings. The minimum Gasteiger partial charge on any atom is -0.542 e. The summed E-state index contributed by atoms with van der Waals surface area (Å²) in [7, 11) is 6.26. The van der Waals surface area contributed by atoms with Gasteiger partial charge in [0.25, 0.3) is 0 Å². The van der Waals surface area contributed by atoms with Crippen molar-refractivity contribution in [2.24, 2.45) is 5.92 Å². The first-order chi connectivity index (χ1) is 17.2. The SMILES string of the molecule is CN(C(=O)OCC1C[C@H]2CC[C@@H](C1)[N+]2(C)C)c1cccc(F)c1-c1cccc(Cl)c1.O=C([O-])C(F)(F)F. The van der Waals surface area contributed by atoms with Crippen LogP contribution in [0.5, 0.6) is 0 Å². The quantitative estimate of drug-likeness (QED) is 0.400. The Bertz CT molecular complexity index is 1130. The predicted octanol–water partition coefficient (Wildman–Crippen LogP) is 5.03. The van der Waals surface area contributed by atoms with E-state index in [-0.39, 0.29) is 0 Å². The number of amides is 1. The van der Waals surface area contributed by atoms with Gasteiger partial charge in [0.2, 0.25) is 0 Å². The Kier molecular flexibility index (Phi) is 8.74. The minimum absolute atomic E-state index is 0.342. The first-order valence-electron chi connectivity index (χ1n) is 11.8. The molecule has 2 aromatic carbocycles. The fourth-order valence-electron chi connectivity index (χ4n) is 5.24. The lowest BCUT2D eigenvalue weighted by molar-refractivity contribution is -0.931. The van der Waals surface area contributed by atoms with E-state index in [1.807, 2.05) is 0 Å². The highest BCUT2D eigenvalue weighted by molar-refractivity contribution is 6.30. The van der Waals surface area contributed by atoms with Gasteiger partial charge in [-0.3, -0.25) is 4.90 Å². The highest BCUT2D eigenvalue weighted by Gasteiger charge is 2.49. The lowest BCUT2D eigenvalue weighted by Gasteiger charge is -2.44. The van der Waals surface area contributed by atoms with Gasteiger partial charge in [-0.25, -0.2) is 9.18 Å². The first kappa shape index (κ1) is 28.7. The molecule has 3 atom stereocenters. The Morgan fingerprint density at radius 1 is 1.11 bits per heavy atom. The van der Waals surface area contributed by atoms with Crippen LogP contribution in [0.1, 0.15) is 25.7 Å². The molecular weight excluding hydrogens is 516 g/mol. The maximum atomic E-state index is 14.7. The number of quaternary nitrogens is 1. The average Bonchev–Trinajstić information content (AvgIpc) is 2.98. The first-order valence-corrected chi connectivity index (χ1v) is 12.2. The molecule has 2 saturated heterocycles. The van der Waals surface area contributed by atoms with Crippen molar-refractivity contribution in [2.75, 3.05) is 32.6 Å². The summed E-state index contributed by atoms with van der Waals surface area (Å²) in [5.41, 5.74) is 1.43. The number of benzene rings is 2. The molecular formula is C26H29ClF4N2O4. The smallest absolute Gasteiger partial charge is 0.430 e. The molecule has 0 radical (unpaired) electrons. The lowest BCUT2D eigenvalue weighted by Crippen LogP contribution is -2.55. The summed E-state index contributed by atoms with van der Waals surface area (Å²) in [4.78, 5) is 23.0. The summed E-state index contributed by atoms with van der Waals surface area (Å²) in [5, 5.41) is 9.30. The van der Waals surface area contributed by atoms with Crippen LogP contribution in [-0.4, -0.2) is 62.6 Å². The standard InChI is InChI=1S/C24H29ClFN2O2.C2HF3O2/c1-27(22-9-5-8-21(26)23(22)17-6-4-7-18(25)14-17)24(29)30-15-16-12-19-10-11-20(13-16)28(19,2)3;3-2(4,5)1(6)7/h4-9,14,16,19-20H,10-13,15H2,1-3H3;(H,6,7)/q+1;/p-1/t16?,19-,20+;. The van der Waals surface area contributed by atoms with Gasteiger partial charge >= 0.3 is 12.3 Å². The predicted molar refractivity (Wildman–Crippen MR) is 129 cm³/mol. The second-order valence-electron chi connectivity index (χ2n) is 9.92. The molecule has 11 heteroatoms. The van der Waals surface area contributed by atoms with E-state index in [2.05, 4.69) is 14.1 Å². The van der Waals surface area contributed by atoms with Gasteiger partial charge in [-0.15, -0.1) is 0 Å². The third-order valence-corrected chi connectivity index (χ3v) is 7.58. The van der Waals surface area contributed by atoms with E-state index in [1.54, 1.807) is 43.4 Å². The highest BCUT2D eigenvalue weighted by atomic mass is 35.5. The second kappa shape index (κ2) is 11.3. The Morgan fingerprint density at radius 2 is 1.68 bits per heavy atom. The second-order valence-corrected chi connectivity index (χ2v) is 10.4. The molecule has 2 bridgehead atoms. The van der Waals surface area contributed by atoms with Gasteiger partial charge in [-0.1, -0.05) is 29.8 Å². The maximum absolute atomic E-state index is 14.7. The molecule has 2 heterocycles. The van der Waals surface area contributed by atoms with Gasteiger partial charge < -0.3 is 19.1 Å². The summed E-state index contributed by atoms with van der Waals surface area (Å²) in [5.74, 6) is -3.02. The number of alkyl halides is 3. The lowest BCUT2D eigenvalue weighted by atomic mass is 9.90. The Labute approximate surface area is 218 Å². The van der Waals surface area contributed by atoms with Crippen LogP contribution in [0.4, 0.5) is 28.0 Å². The molecule has 0 spiro atoms. The zero-order valence-corrected chi connectivity index (χ0v) is 21.5. The van der Waals surface area contributed by atoms with Crippen molar-refractivity contribution in [1.82, 2.24) is 0 Å². The number of aliphatic carboxylic acids is 1. The molecule has 37 heavy (non-hydrogen) atoms. The molecule has 0 saturated carbocycles. The number of nitrogens with zero attached hydrogens (tertiary/aromatic N) is 2. The number of carboxylic acids is 1. The van der Waals surface area contributed by atoms with Gasteiger partial charge in [-0.2, -0.15) is 13.2 Å². The van der Waals surface area contributed by atoms with E-state index >= 15 is 0 Å². The fourth-order valence-corrected chi connectivity index (χ4v) is 5.43. The number of anilines is 1. The largest absolute Gasteiger partial charge is 0.542 e. The summed E-state index contributed by atoms with van der Waals surface area (Å²) < 4.78 is 53.0. The van der Waals surface area contributed by atoms with Crippen LogP contribution in [0.15, 0.2) is 42.5 Å². The van der Waals surface area contributed by atoms with E-state index in [1.165, 1.54) is 23.8 Å². The number of carbonyl (C=O) groups excluding carboxylic acids is 2. The Hall–Kier alpha value is -2.85. The van der Waals surface area contributed by atoms with Crippen LogP contribution in [0.3, 0.4) is 0 Å². The molecule has 0 aliphatic carbocycles. The van der Waals surface area contributed by atoms with Crippen LogP contribution in [-0.2, 0) is 9.53 Å². The zero-order valence-electron chi connectivity index (χ0n) is 20.7. The van der Waals surface area contributed by atoms with Gasteiger partial charge in [-0.05, 0) is 29.8 Å². The van der Waals surface area contributed by atoms with Gasteiger partial charge in [0, 0.05) is 49.2 Å². The van der Waals surface area contributed by atoms with E-state index < -0.39 is 24.1 Å². The maximum Gasteiger partial charge on any atom is 0.430 e. The number of rotatable bonds is 4. The summed E-state index contributed by atoms with van der Waals surface area (Å²) >= 11 is 6.10. The number of hydrogen-bond donors (Lipinski definition) is 0. The molecule has 2 fully saturated rings. The normalized spacial score (nSPS) is 22.0. The van der Waals surface area contributed by atoms with Gasteiger partial charge in [0.05, 0.1) is 38.5 Å². The Morgan fingerprint density at radius 3 is 2.22 bits per heavy atom. The third kappa shape index (κ3) is 6.73. The number of halogens is 5. The molecule has 0 aromatic heterocycles. The van der Waals surface area contributed by atoms with Crippen molar-refractivity contribution in [1.29, 1.82) is 0 Å². The number of carboxylic acid groups (broad SMARTS) is 1. The number of carbonyl (C=O) groups is 2. The van der Waals surface area contributed by atoms with Crippen LogP contribution < -0.4 is 10.0 Å². The van der Waals surface area contributed by atoms with Crippen LogP contribution in [0, 0.1) is 11.7 Å². The van der Waals surface area contributed by atoms with Crippen molar-refractivity contribution < 1.29 is 41.5 Å². The van der Waals surface area contributed by atoms with Crippen molar-refractivity contribution in [3.63, 3.8) is 0 Å². The van der Waals surface area contributed by atoms with Crippen molar-refractivity contribution in [2.45, 2.75) is 43.9 Å². The summed E-state index contributed by atoms with van der Waals surface area (Å²) in [6.07, 6.45) is -0.957. The third-order valence-electron chi connectivity index (χ3n) is 7.34. The molecule has 1 unspecified atom stereocenters. The van der Waals surface area contributed by atoms with Crippen LogP contribution in [0.25, 0.3) is 11.1 Å². The van der Waals surface area contributed by atoms with E-state index in [9.17, 15) is 22.4 Å². The van der Waals surface area contributed by atoms with E-state index in [4.69, 9.17) is 26.2 Å². The molecule has 0 N–H and O–H groups in total. The van der Waals surface area contributed by atoms with Crippen molar-refractivity contribution in [3.8, 4) is 11.1 Å². The number of fused-ring (bicyclic) bond motifs is 2. The summed E-state index contributed by atoms with van der Waals surface area (Å²) in [6, 6.07) is 13.0. The Balaban J connectivity index is 0.000000479. The topological polar surface area (TPSA) is 69.7 Å². The number of ether oxygens (including phenoxy) is 1. The monoisotopic (exact) mass is 544 g/mol. The molecule has 202 valence electrons.